The number of carbonyl (C=O) groups is 1. The van der Waals surface area contributed by atoms with Crippen LogP contribution in [-0.4, -0.2) is 23.4 Å². The summed E-state index contributed by atoms with van der Waals surface area (Å²) in [7, 11) is 0. The Labute approximate surface area is 188 Å². The van der Waals surface area contributed by atoms with Crippen LogP contribution in [0.15, 0.2) is 66.7 Å². The fourth-order valence-corrected chi connectivity index (χ4v) is 5.02. The van der Waals surface area contributed by atoms with Gasteiger partial charge in [0.25, 0.3) is 0 Å². The Morgan fingerprint density at radius 1 is 1.06 bits per heavy atom. The molecule has 2 heterocycles. The van der Waals surface area contributed by atoms with Gasteiger partial charge in [0.05, 0.1) is 16.8 Å². The van der Waals surface area contributed by atoms with Crippen molar-refractivity contribution in [3.05, 3.63) is 77.9 Å². The van der Waals surface area contributed by atoms with Gasteiger partial charge in [-0.15, -0.1) is 11.3 Å². The van der Waals surface area contributed by atoms with Gasteiger partial charge in [0.15, 0.2) is 0 Å². The minimum Gasteiger partial charge on any atom is -0.494 e. The number of rotatable bonds is 5. The van der Waals surface area contributed by atoms with E-state index < -0.39 is 17.9 Å². The molecule has 0 saturated carbocycles. The molecule has 3 aromatic carbocycles. The van der Waals surface area contributed by atoms with E-state index in [1.165, 1.54) is 5.56 Å². The molecule has 32 heavy (non-hydrogen) atoms. The van der Waals surface area contributed by atoms with Gasteiger partial charge in [-0.1, -0.05) is 18.2 Å². The summed E-state index contributed by atoms with van der Waals surface area (Å²) in [5.41, 5.74) is 3.77. The Kier molecular flexibility index (Phi) is 4.93. The second-order valence-electron chi connectivity index (χ2n) is 7.74. The Hall–Kier alpha value is -3.32. The zero-order chi connectivity index (χ0) is 22.5. The van der Waals surface area contributed by atoms with E-state index in [1.807, 2.05) is 38.1 Å². The highest BCUT2D eigenvalue weighted by molar-refractivity contribution is 7.21. The van der Waals surface area contributed by atoms with Crippen LogP contribution in [0.25, 0.3) is 20.8 Å². The van der Waals surface area contributed by atoms with Gasteiger partial charge >= 0.3 is 11.8 Å². The van der Waals surface area contributed by atoms with Crippen LogP contribution in [0.3, 0.4) is 0 Å². The first-order chi connectivity index (χ1) is 15.4. The van der Waals surface area contributed by atoms with Crippen molar-refractivity contribution in [3.63, 3.8) is 0 Å². The van der Waals surface area contributed by atoms with Crippen LogP contribution in [0.4, 0.5) is 14.5 Å². The zero-order valence-corrected chi connectivity index (χ0v) is 18.3. The SMILES string of the molecule is CCOc1ccc([C@@H]2N(c3ccc(-c4nc5ccc(C)cc5s4)cc3)C(=O)C2(F)F)cc1. The number of halogens is 2. The van der Waals surface area contributed by atoms with Crippen LogP contribution in [0.5, 0.6) is 5.75 Å². The monoisotopic (exact) mass is 450 g/mol. The van der Waals surface area contributed by atoms with Crippen LogP contribution in [0.1, 0.15) is 24.1 Å². The molecule has 1 amide bonds. The standard InChI is InChI=1S/C25H20F2N2O2S/c1-3-31-19-11-7-16(8-12-19)22-25(26,27)24(30)29(22)18-9-5-17(6-10-18)23-28-20-13-4-15(2)14-21(20)32-23/h4-14,22H,3H2,1-2H3/t22-/m0/s1. The van der Waals surface area contributed by atoms with Crippen molar-refractivity contribution in [1.82, 2.24) is 4.98 Å². The molecule has 4 nitrogen and oxygen atoms in total. The minimum absolute atomic E-state index is 0.365. The number of hydrogen-bond donors (Lipinski definition) is 0. The van der Waals surface area contributed by atoms with Crippen molar-refractivity contribution in [2.75, 3.05) is 11.5 Å². The normalized spacial score (nSPS) is 17.4. The zero-order valence-electron chi connectivity index (χ0n) is 17.5. The van der Waals surface area contributed by atoms with Crippen LogP contribution >= 0.6 is 11.3 Å². The number of alkyl halides is 2. The van der Waals surface area contributed by atoms with Gasteiger partial charge in [-0.3, -0.25) is 9.69 Å². The van der Waals surface area contributed by atoms with Crippen LogP contribution < -0.4 is 9.64 Å². The first kappa shape index (κ1) is 20.6. The Balaban J connectivity index is 1.44. The minimum atomic E-state index is -3.45. The number of thiazole rings is 1. The van der Waals surface area contributed by atoms with E-state index in [0.717, 1.165) is 25.7 Å². The molecule has 1 aliphatic rings. The fraction of sp³-hybridized carbons (Fsp3) is 0.200. The van der Waals surface area contributed by atoms with Crippen molar-refractivity contribution in [3.8, 4) is 16.3 Å². The summed E-state index contributed by atoms with van der Waals surface area (Å²) >= 11 is 1.58. The lowest BCUT2D eigenvalue weighted by molar-refractivity contribution is -0.162. The number of aryl methyl sites for hydroxylation is 1. The molecule has 1 aromatic heterocycles. The highest BCUT2D eigenvalue weighted by Gasteiger charge is 2.64. The maximum Gasteiger partial charge on any atom is 0.349 e. The summed E-state index contributed by atoms with van der Waals surface area (Å²) < 4.78 is 35.5. The van der Waals surface area contributed by atoms with E-state index >= 15 is 0 Å². The highest BCUT2D eigenvalue weighted by atomic mass is 32.1. The lowest BCUT2D eigenvalue weighted by Crippen LogP contribution is -2.64. The van der Waals surface area contributed by atoms with E-state index in [-0.39, 0.29) is 0 Å². The van der Waals surface area contributed by atoms with Crippen molar-refractivity contribution < 1.29 is 18.3 Å². The van der Waals surface area contributed by atoms with E-state index in [1.54, 1.807) is 47.7 Å². The lowest BCUT2D eigenvalue weighted by atomic mass is 9.88. The molecule has 5 rings (SSSR count). The molecule has 1 saturated heterocycles. The van der Waals surface area contributed by atoms with Gasteiger partial charge in [0, 0.05) is 11.3 Å². The number of carbonyl (C=O) groups excluding carboxylic acids is 1. The molecular weight excluding hydrogens is 430 g/mol. The number of amides is 1. The molecule has 4 aromatic rings. The first-order valence-electron chi connectivity index (χ1n) is 10.3. The number of anilines is 1. The summed E-state index contributed by atoms with van der Waals surface area (Å²) in [5.74, 6) is -4.04. The van der Waals surface area contributed by atoms with Crippen LogP contribution in [-0.2, 0) is 4.79 Å². The molecule has 0 radical (unpaired) electrons. The third-order valence-electron chi connectivity index (χ3n) is 5.55. The smallest absolute Gasteiger partial charge is 0.349 e. The summed E-state index contributed by atoms with van der Waals surface area (Å²) in [5, 5.41) is 0.848. The first-order valence-corrected chi connectivity index (χ1v) is 11.1. The van der Waals surface area contributed by atoms with Gasteiger partial charge in [-0.05, 0) is 73.5 Å². The Bertz CT molecular complexity index is 1300. The Morgan fingerprint density at radius 2 is 1.78 bits per heavy atom. The van der Waals surface area contributed by atoms with Gasteiger partial charge in [0.2, 0.25) is 0 Å². The number of hydrogen-bond acceptors (Lipinski definition) is 4. The quantitative estimate of drug-likeness (QED) is 0.331. The van der Waals surface area contributed by atoms with Gasteiger partial charge in [-0.2, -0.15) is 8.78 Å². The second-order valence-corrected chi connectivity index (χ2v) is 8.77. The predicted molar refractivity (Wildman–Crippen MR) is 123 cm³/mol. The van der Waals surface area contributed by atoms with Crippen LogP contribution in [0, 0.1) is 6.92 Å². The summed E-state index contributed by atoms with van der Waals surface area (Å²) in [6.07, 6.45) is 0. The molecule has 0 N–H and O–H groups in total. The van der Waals surface area contributed by atoms with Gasteiger partial charge in [0.1, 0.15) is 16.8 Å². The second kappa shape index (κ2) is 7.67. The van der Waals surface area contributed by atoms with E-state index in [2.05, 4.69) is 11.1 Å². The molecule has 1 fully saturated rings. The number of β-lactam (4-membered cyclic amide) rings is 1. The molecule has 0 spiro atoms. The number of ether oxygens (including phenoxy) is 1. The maximum absolute atomic E-state index is 14.5. The molecule has 7 heteroatoms. The molecule has 0 aliphatic carbocycles. The molecule has 0 bridgehead atoms. The average molecular weight is 451 g/mol. The van der Waals surface area contributed by atoms with Crippen LogP contribution in [0.2, 0.25) is 0 Å². The topological polar surface area (TPSA) is 42.4 Å². The molecular formula is C25H20F2N2O2S. The molecule has 1 aliphatic heterocycles. The average Bonchev–Trinajstić information content (AvgIpc) is 3.21. The lowest BCUT2D eigenvalue weighted by Gasteiger charge is -2.46. The summed E-state index contributed by atoms with van der Waals surface area (Å²) in [4.78, 5) is 18.1. The van der Waals surface area contributed by atoms with E-state index in [4.69, 9.17) is 4.74 Å². The number of benzene rings is 3. The highest BCUT2D eigenvalue weighted by Crippen LogP contribution is 2.50. The van der Waals surface area contributed by atoms with Crippen molar-refractivity contribution >= 4 is 33.1 Å². The van der Waals surface area contributed by atoms with Crippen molar-refractivity contribution in [2.45, 2.75) is 25.8 Å². The molecule has 162 valence electrons. The maximum atomic E-state index is 14.5. The van der Waals surface area contributed by atoms with E-state index in [9.17, 15) is 13.6 Å². The van der Waals surface area contributed by atoms with E-state index in [0.29, 0.717) is 23.6 Å². The predicted octanol–water partition coefficient (Wildman–Crippen LogP) is 6.39. The number of nitrogens with zero attached hydrogens (tertiary/aromatic N) is 2. The molecule has 0 unspecified atom stereocenters. The Morgan fingerprint density at radius 3 is 2.47 bits per heavy atom. The van der Waals surface area contributed by atoms with Gasteiger partial charge < -0.3 is 4.74 Å². The number of aromatic nitrogens is 1. The third-order valence-corrected chi connectivity index (χ3v) is 6.62. The fourth-order valence-electron chi connectivity index (χ4n) is 3.95. The van der Waals surface area contributed by atoms with Crippen molar-refractivity contribution in [2.24, 2.45) is 0 Å². The summed E-state index contributed by atoms with van der Waals surface area (Å²) in [6.45, 7) is 4.38. The van der Waals surface area contributed by atoms with Crippen molar-refractivity contribution in [1.29, 1.82) is 0 Å². The number of fused-ring (bicyclic) bond motifs is 1. The molecule has 1 atom stereocenters. The summed E-state index contributed by atoms with van der Waals surface area (Å²) in [6, 6.07) is 18.2. The third kappa shape index (κ3) is 3.33. The largest absolute Gasteiger partial charge is 0.494 e. The van der Waals surface area contributed by atoms with Gasteiger partial charge in [-0.25, -0.2) is 4.98 Å².